The first-order chi connectivity index (χ1) is 10.1. The van der Waals surface area contributed by atoms with Crippen molar-refractivity contribution in [1.29, 1.82) is 0 Å². The summed E-state index contributed by atoms with van der Waals surface area (Å²) in [6.07, 6.45) is 2.16. The maximum absolute atomic E-state index is 13.0. The van der Waals surface area contributed by atoms with Crippen molar-refractivity contribution in [2.24, 2.45) is 7.05 Å². The molecule has 1 heterocycles. The van der Waals surface area contributed by atoms with Crippen molar-refractivity contribution < 1.29 is 4.39 Å². The summed E-state index contributed by atoms with van der Waals surface area (Å²) in [6.45, 7) is 2.89. The number of nitrogens with one attached hydrogen (secondary N) is 1. The molecule has 0 aliphatic heterocycles. The van der Waals surface area contributed by atoms with Gasteiger partial charge in [-0.2, -0.15) is 0 Å². The van der Waals surface area contributed by atoms with Gasteiger partial charge in [-0.25, -0.2) is 4.39 Å². The standard InChI is InChI=1S/C18H19FN2/c1-13(14-7-9-16(19)10-8-14)20-11-15-12-21(2)18-6-4-3-5-17(15)18/h3-10,12-13,20H,11H2,1-2H3. The van der Waals surface area contributed by atoms with Gasteiger partial charge in [0.25, 0.3) is 0 Å². The molecule has 0 saturated heterocycles. The number of aromatic nitrogens is 1. The molecule has 21 heavy (non-hydrogen) atoms. The van der Waals surface area contributed by atoms with Gasteiger partial charge < -0.3 is 9.88 Å². The highest BCUT2D eigenvalue weighted by Gasteiger charge is 2.09. The van der Waals surface area contributed by atoms with Crippen LogP contribution >= 0.6 is 0 Å². The Morgan fingerprint density at radius 3 is 2.57 bits per heavy atom. The molecule has 108 valence electrons. The maximum Gasteiger partial charge on any atom is 0.123 e. The largest absolute Gasteiger partial charge is 0.350 e. The summed E-state index contributed by atoms with van der Waals surface area (Å²) in [4.78, 5) is 0. The van der Waals surface area contributed by atoms with E-state index in [1.165, 1.54) is 28.6 Å². The number of halogens is 1. The van der Waals surface area contributed by atoms with E-state index in [0.717, 1.165) is 12.1 Å². The number of hydrogen-bond donors (Lipinski definition) is 1. The van der Waals surface area contributed by atoms with Gasteiger partial charge in [-0.3, -0.25) is 0 Å². The topological polar surface area (TPSA) is 17.0 Å². The third kappa shape index (κ3) is 2.83. The predicted molar refractivity (Wildman–Crippen MR) is 84.6 cm³/mol. The van der Waals surface area contributed by atoms with Gasteiger partial charge in [0.1, 0.15) is 5.82 Å². The van der Waals surface area contributed by atoms with Crippen molar-refractivity contribution in [1.82, 2.24) is 9.88 Å². The van der Waals surface area contributed by atoms with Crippen LogP contribution in [0.1, 0.15) is 24.1 Å². The number of benzene rings is 2. The highest BCUT2D eigenvalue weighted by Crippen LogP contribution is 2.21. The molecule has 3 heteroatoms. The molecule has 0 saturated carbocycles. The summed E-state index contributed by atoms with van der Waals surface area (Å²) in [5, 5.41) is 4.78. The first-order valence-corrected chi connectivity index (χ1v) is 7.17. The third-order valence-corrected chi connectivity index (χ3v) is 3.95. The van der Waals surface area contributed by atoms with Crippen molar-refractivity contribution in [3.8, 4) is 0 Å². The molecule has 1 N–H and O–H groups in total. The van der Waals surface area contributed by atoms with E-state index in [2.05, 4.69) is 54.3 Å². The molecule has 2 nitrogen and oxygen atoms in total. The number of para-hydroxylation sites is 1. The highest BCUT2D eigenvalue weighted by molar-refractivity contribution is 5.83. The molecule has 2 aromatic carbocycles. The third-order valence-electron chi connectivity index (χ3n) is 3.95. The van der Waals surface area contributed by atoms with Crippen LogP contribution in [0.4, 0.5) is 4.39 Å². The van der Waals surface area contributed by atoms with Crippen LogP contribution in [0, 0.1) is 5.82 Å². The van der Waals surface area contributed by atoms with E-state index in [1.54, 1.807) is 0 Å². The van der Waals surface area contributed by atoms with Crippen molar-refractivity contribution in [2.75, 3.05) is 0 Å². The van der Waals surface area contributed by atoms with E-state index >= 15 is 0 Å². The van der Waals surface area contributed by atoms with Crippen LogP contribution in [-0.4, -0.2) is 4.57 Å². The van der Waals surface area contributed by atoms with Crippen molar-refractivity contribution in [2.45, 2.75) is 19.5 Å². The first-order valence-electron chi connectivity index (χ1n) is 7.17. The Kier molecular flexibility index (Phi) is 3.76. The molecule has 3 rings (SSSR count). The second kappa shape index (κ2) is 5.70. The van der Waals surface area contributed by atoms with Crippen LogP contribution in [0.3, 0.4) is 0 Å². The lowest BCUT2D eigenvalue weighted by Gasteiger charge is -2.14. The maximum atomic E-state index is 13.0. The van der Waals surface area contributed by atoms with E-state index < -0.39 is 0 Å². The minimum atomic E-state index is -0.194. The zero-order valence-corrected chi connectivity index (χ0v) is 12.3. The molecule has 1 aromatic heterocycles. The van der Waals surface area contributed by atoms with Gasteiger partial charge in [0.2, 0.25) is 0 Å². The monoisotopic (exact) mass is 282 g/mol. The Balaban J connectivity index is 1.76. The van der Waals surface area contributed by atoms with Crippen LogP contribution < -0.4 is 5.32 Å². The fourth-order valence-electron chi connectivity index (χ4n) is 2.70. The SMILES string of the molecule is CC(NCc1cn(C)c2ccccc12)c1ccc(F)cc1. The fraction of sp³-hybridized carbons (Fsp3) is 0.222. The minimum absolute atomic E-state index is 0.185. The van der Waals surface area contributed by atoms with Gasteiger partial charge in [-0.05, 0) is 36.2 Å². The molecule has 0 radical (unpaired) electrons. The number of fused-ring (bicyclic) bond motifs is 1. The van der Waals surface area contributed by atoms with Gasteiger partial charge in [-0.1, -0.05) is 30.3 Å². The minimum Gasteiger partial charge on any atom is -0.350 e. The molecule has 0 spiro atoms. The second-order valence-electron chi connectivity index (χ2n) is 5.44. The zero-order valence-electron chi connectivity index (χ0n) is 12.3. The Morgan fingerprint density at radius 1 is 1.10 bits per heavy atom. The van der Waals surface area contributed by atoms with Gasteiger partial charge in [-0.15, -0.1) is 0 Å². The molecular weight excluding hydrogens is 263 g/mol. The molecular formula is C18H19FN2. The fourth-order valence-corrected chi connectivity index (χ4v) is 2.70. The normalized spacial score (nSPS) is 12.7. The molecule has 0 bridgehead atoms. The van der Waals surface area contributed by atoms with Crippen molar-refractivity contribution in [3.63, 3.8) is 0 Å². The molecule has 3 aromatic rings. The smallest absolute Gasteiger partial charge is 0.123 e. The summed E-state index contributed by atoms with van der Waals surface area (Å²) in [5.74, 6) is -0.194. The average molecular weight is 282 g/mol. The van der Waals surface area contributed by atoms with E-state index in [9.17, 15) is 4.39 Å². The number of nitrogens with zero attached hydrogens (tertiary/aromatic N) is 1. The predicted octanol–water partition coefficient (Wildman–Crippen LogP) is 4.17. The average Bonchev–Trinajstić information content (AvgIpc) is 2.83. The Labute approximate surface area is 124 Å². The van der Waals surface area contributed by atoms with E-state index in [0.29, 0.717) is 0 Å². The van der Waals surface area contributed by atoms with E-state index in [1.807, 2.05) is 12.1 Å². The quantitative estimate of drug-likeness (QED) is 0.760. The lowest BCUT2D eigenvalue weighted by atomic mass is 10.1. The number of hydrogen-bond acceptors (Lipinski definition) is 1. The second-order valence-corrected chi connectivity index (χ2v) is 5.44. The number of rotatable bonds is 4. The first kappa shape index (κ1) is 13.8. The highest BCUT2D eigenvalue weighted by atomic mass is 19.1. The molecule has 0 aliphatic carbocycles. The molecule has 1 atom stereocenters. The van der Waals surface area contributed by atoms with Crippen LogP contribution in [0.25, 0.3) is 10.9 Å². The van der Waals surface area contributed by atoms with Gasteiger partial charge in [0.05, 0.1) is 0 Å². The van der Waals surface area contributed by atoms with Crippen LogP contribution in [-0.2, 0) is 13.6 Å². The summed E-state index contributed by atoms with van der Waals surface area (Å²) in [5.41, 5.74) is 3.61. The van der Waals surface area contributed by atoms with Crippen LogP contribution in [0.2, 0.25) is 0 Å². The number of aryl methyl sites for hydroxylation is 1. The Bertz CT molecular complexity index is 744. The Hall–Kier alpha value is -2.13. The lowest BCUT2D eigenvalue weighted by molar-refractivity contribution is 0.572. The molecule has 1 unspecified atom stereocenters. The van der Waals surface area contributed by atoms with E-state index in [-0.39, 0.29) is 11.9 Å². The van der Waals surface area contributed by atoms with Crippen LogP contribution in [0.5, 0.6) is 0 Å². The zero-order chi connectivity index (χ0) is 14.8. The molecule has 0 fully saturated rings. The van der Waals surface area contributed by atoms with Gasteiger partial charge >= 0.3 is 0 Å². The van der Waals surface area contributed by atoms with E-state index in [4.69, 9.17) is 0 Å². The molecule has 0 amide bonds. The summed E-state index contributed by atoms with van der Waals surface area (Å²) in [7, 11) is 2.06. The Morgan fingerprint density at radius 2 is 1.81 bits per heavy atom. The van der Waals surface area contributed by atoms with Crippen LogP contribution in [0.15, 0.2) is 54.7 Å². The van der Waals surface area contributed by atoms with Crippen molar-refractivity contribution >= 4 is 10.9 Å². The van der Waals surface area contributed by atoms with Crippen molar-refractivity contribution in [3.05, 3.63) is 71.7 Å². The summed E-state index contributed by atoms with van der Waals surface area (Å²) < 4.78 is 15.1. The van der Waals surface area contributed by atoms with Gasteiger partial charge in [0, 0.05) is 36.7 Å². The summed E-state index contributed by atoms with van der Waals surface area (Å²) in [6, 6.07) is 15.3. The molecule has 0 aliphatic rings. The lowest BCUT2D eigenvalue weighted by Crippen LogP contribution is -2.17. The van der Waals surface area contributed by atoms with Gasteiger partial charge in [0.15, 0.2) is 0 Å². The summed E-state index contributed by atoms with van der Waals surface area (Å²) >= 11 is 0.